The summed E-state index contributed by atoms with van der Waals surface area (Å²) in [4.78, 5) is 17.6. The van der Waals surface area contributed by atoms with Crippen LogP contribution in [0.25, 0.3) is 11.1 Å². The van der Waals surface area contributed by atoms with Gasteiger partial charge in [-0.3, -0.25) is 9.79 Å². The molecule has 1 unspecified atom stereocenters. The first-order valence-corrected chi connectivity index (χ1v) is 9.27. The van der Waals surface area contributed by atoms with Crippen molar-refractivity contribution in [3.63, 3.8) is 0 Å². The number of hydrogen-bond donors (Lipinski definition) is 1. The highest BCUT2D eigenvalue weighted by Crippen LogP contribution is 2.30. The summed E-state index contributed by atoms with van der Waals surface area (Å²) in [5.74, 6) is 0.0660. The SMILES string of the molecule is CC(C)C1N=C(c2ccccc2)c2cc(-c3ccccc3)ccc2NC1=O. The molecule has 134 valence electrons. The highest BCUT2D eigenvalue weighted by atomic mass is 16.2. The van der Waals surface area contributed by atoms with Crippen molar-refractivity contribution < 1.29 is 4.79 Å². The minimum absolute atomic E-state index is 0.0513. The first-order valence-electron chi connectivity index (χ1n) is 9.27. The fourth-order valence-corrected chi connectivity index (χ4v) is 3.41. The van der Waals surface area contributed by atoms with E-state index >= 15 is 0 Å². The van der Waals surface area contributed by atoms with Gasteiger partial charge in [-0.2, -0.15) is 0 Å². The van der Waals surface area contributed by atoms with Crippen molar-refractivity contribution in [2.45, 2.75) is 19.9 Å². The van der Waals surface area contributed by atoms with E-state index < -0.39 is 6.04 Å². The summed E-state index contributed by atoms with van der Waals surface area (Å²) in [6, 6.07) is 26.1. The van der Waals surface area contributed by atoms with Crippen LogP contribution in [0, 0.1) is 5.92 Å². The number of hydrogen-bond acceptors (Lipinski definition) is 2. The molecular weight excluding hydrogens is 332 g/mol. The second-order valence-electron chi connectivity index (χ2n) is 7.15. The van der Waals surface area contributed by atoms with Crippen LogP contribution in [0.5, 0.6) is 0 Å². The summed E-state index contributed by atoms with van der Waals surface area (Å²) < 4.78 is 0. The number of aliphatic imine (C=N–C) groups is 1. The van der Waals surface area contributed by atoms with Gasteiger partial charge >= 0.3 is 0 Å². The summed E-state index contributed by atoms with van der Waals surface area (Å²) in [6.07, 6.45) is 0. The topological polar surface area (TPSA) is 41.5 Å². The molecule has 1 heterocycles. The molecule has 0 radical (unpaired) electrons. The van der Waals surface area contributed by atoms with Crippen LogP contribution < -0.4 is 5.32 Å². The van der Waals surface area contributed by atoms with E-state index in [1.54, 1.807) is 0 Å². The summed E-state index contributed by atoms with van der Waals surface area (Å²) >= 11 is 0. The lowest BCUT2D eigenvalue weighted by Crippen LogP contribution is -2.30. The molecule has 0 saturated heterocycles. The van der Waals surface area contributed by atoms with Crippen molar-refractivity contribution in [2.24, 2.45) is 10.9 Å². The zero-order valence-corrected chi connectivity index (χ0v) is 15.5. The van der Waals surface area contributed by atoms with Gasteiger partial charge in [0.25, 0.3) is 0 Å². The van der Waals surface area contributed by atoms with Crippen LogP contribution in [0.2, 0.25) is 0 Å². The minimum Gasteiger partial charge on any atom is -0.324 e. The monoisotopic (exact) mass is 354 g/mol. The maximum atomic E-state index is 12.7. The van der Waals surface area contributed by atoms with Crippen LogP contribution in [0.3, 0.4) is 0 Å². The number of benzodiazepines with no additional fused rings is 1. The number of nitrogens with zero attached hydrogens (tertiary/aromatic N) is 1. The number of carbonyl (C=O) groups is 1. The number of rotatable bonds is 3. The zero-order valence-electron chi connectivity index (χ0n) is 15.5. The van der Waals surface area contributed by atoms with Crippen molar-refractivity contribution in [3.05, 3.63) is 90.0 Å². The molecule has 1 aliphatic heterocycles. The van der Waals surface area contributed by atoms with Gasteiger partial charge in [-0.05, 0) is 29.2 Å². The normalized spacial score (nSPS) is 16.3. The number of anilines is 1. The lowest BCUT2D eigenvalue weighted by molar-refractivity contribution is -0.118. The average molecular weight is 354 g/mol. The predicted molar refractivity (Wildman–Crippen MR) is 111 cm³/mol. The van der Waals surface area contributed by atoms with Crippen molar-refractivity contribution >= 4 is 17.3 Å². The molecule has 0 bridgehead atoms. The molecule has 3 heteroatoms. The van der Waals surface area contributed by atoms with E-state index in [1.165, 1.54) is 0 Å². The Morgan fingerprint density at radius 3 is 2.07 bits per heavy atom. The van der Waals surface area contributed by atoms with Gasteiger partial charge in [0.05, 0.1) is 11.4 Å². The molecule has 0 fully saturated rings. The first-order chi connectivity index (χ1) is 13.1. The molecule has 0 spiro atoms. The third kappa shape index (κ3) is 3.41. The number of fused-ring (bicyclic) bond motifs is 1. The van der Waals surface area contributed by atoms with Gasteiger partial charge in [-0.15, -0.1) is 0 Å². The Kier molecular flexibility index (Phi) is 4.59. The first kappa shape index (κ1) is 17.2. The minimum atomic E-state index is -0.409. The van der Waals surface area contributed by atoms with Gasteiger partial charge in [0.15, 0.2) is 0 Å². The van der Waals surface area contributed by atoms with Crippen LogP contribution >= 0.6 is 0 Å². The summed E-state index contributed by atoms with van der Waals surface area (Å²) in [5, 5.41) is 3.08. The van der Waals surface area contributed by atoms with Gasteiger partial charge in [0, 0.05) is 11.1 Å². The highest BCUT2D eigenvalue weighted by molar-refractivity contribution is 6.20. The van der Waals surface area contributed by atoms with Crippen molar-refractivity contribution in [1.82, 2.24) is 0 Å². The lowest BCUT2D eigenvalue weighted by atomic mass is 9.96. The summed E-state index contributed by atoms with van der Waals surface area (Å²) in [7, 11) is 0. The Morgan fingerprint density at radius 2 is 1.44 bits per heavy atom. The standard InChI is InChI=1S/C24H22N2O/c1-16(2)22-24(27)25-21-14-13-19(17-9-5-3-6-10-17)15-20(21)23(26-22)18-11-7-4-8-12-18/h3-16,22H,1-2H3,(H,25,27). The van der Waals surface area contributed by atoms with E-state index in [2.05, 4.69) is 23.5 Å². The van der Waals surface area contributed by atoms with E-state index in [0.29, 0.717) is 0 Å². The van der Waals surface area contributed by atoms with Crippen LogP contribution in [0.15, 0.2) is 83.9 Å². The Hall–Kier alpha value is -3.20. The second-order valence-corrected chi connectivity index (χ2v) is 7.15. The van der Waals surface area contributed by atoms with Gasteiger partial charge < -0.3 is 5.32 Å². The van der Waals surface area contributed by atoms with E-state index in [4.69, 9.17) is 4.99 Å². The van der Waals surface area contributed by atoms with Crippen LogP contribution in [0.1, 0.15) is 25.0 Å². The average Bonchev–Trinajstić information content (AvgIpc) is 2.85. The quantitative estimate of drug-likeness (QED) is 0.693. The van der Waals surface area contributed by atoms with E-state index in [0.717, 1.165) is 33.7 Å². The molecule has 1 amide bonds. The lowest BCUT2D eigenvalue weighted by Gasteiger charge is -2.14. The third-order valence-electron chi connectivity index (χ3n) is 4.86. The molecule has 4 rings (SSSR count). The maximum Gasteiger partial charge on any atom is 0.249 e. The predicted octanol–water partition coefficient (Wildman–Crippen LogP) is 5.17. The highest BCUT2D eigenvalue weighted by Gasteiger charge is 2.28. The molecule has 1 atom stereocenters. The smallest absolute Gasteiger partial charge is 0.249 e. The van der Waals surface area contributed by atoms with Crippen LogP contribution in [-0.2, 0) is 4.79 Å². The summed E-state index contributed by atoms with van der Waals surface area (Å²) in [6.45, 7) is 4.06. The molecule has 0 aliphatic carbocycles. The molecular formula is C24H22N2O. The largest absolute Gasteiger partial charge is 0.324 e. The molecule has 3 aromatic rings. The Labute approximate surface area is 159 Å². The Morgan fingerprint density at radius 1 is 0.815 bits per heavy atom. The van der Waals surface area contributed by atoms with E-state index in [1.807, 2.05) is 74.5 Å². The maximum absolute atomic E-state index is 12.7. The second kappa shape index (κ2) is 7.20. The fraction of sp³-hybridized carbons (Fsp3) is 0.167. The summed E-state index contributed by atoms with van der Waals surface area (Å²) in [5.41, 5.74) is 5.90. The third-order valence-corrected chi connectivity index (χ3v) is 4.86. The Bertz CT molecular complexity index is 991. The number of benzene rings is 3. The van der Waals surface area contributed by atoms with Gasteiger partial charge in [-0.25, -0.2) is 0 Å². The number of amides is 1. The van der Waals surface area contributed by atoms with Crippen molar-refractivity contribution in [1.29, 1.82) is 0 Å². The van der Waals surface area contributed by atoms with Crippen molar-refractivity contribution in [2.75, 3.05) is 5.32 Å². The van der Waals surface area contributed by atoms with E-state index in [9.17, 15) is 4.79 Å². The molecule has 27 heavy (non-hydrogen) atoms. The van der Waals surface area contributed by atoms with Gasteiger partial charge in [0.2, 0.25) is 5.91 Å². The number of nitrogens with one attached hydrogen (secondary N) is 1. The van der Waals surface area contributed by atoms with Gasteiger partial charge in [0.1, 0.15) is 6.04 Å². The molecule has 1 N–H and O–H groups in total. The van der Waals surface area contributed by atoms with Crippen LogP contribution in [-0.4, -0.2) is 17.7 Å². The Balaban J connectivity index is 1.92. The fourth-order valence-electron chi connectivity index (χ4n) is 3.41. The zero-order chi connectivity index (χ0) is 18.8. The van der Waals surface area contributed by atoms with Crippen LogP contribution in [0.4, 0.5) is 5.69 Å². The molecule has 0 saturated carbocycles. The molecule has 3 nitrogen and oxygen atoms in total. The van der Waals surface area contributed by atoms with Gasteiger partial charge in [-0.1, -0.05) is 80.6 Å². The van der Waals surface area contributed by atoms with E-state index in [-0.39, 0.29) is 11.8 Å². The molecule has 1 aliphatic rings. The number of carbonyl (C=O) groups excluding carboxylic acids is 1. The molecule has 3 aromatic carbocycles. The molecule has 0 aromatic heterocycles. The van der Waals surface area contributed by atoms with Crippen molar-refractivity contribution in [3.8, 4) is 11.1 Å².